The quantitative estimate of drug-likeness (QED) is 0.263. The molecule has 0 radical (unpaired) electrons. The maximum Gasteiger partial charge on any atom is 0.142 e. The normalized spacial score (nSPS) is 10.2. The first-order chi connectivity index (χ1) is 5.77. The van der Waals surface area contributed by atoms with Crippen molar-refractivity contribution in [3.8, 4) is 0 Å². The average Bonchev–Trinajstić information content (AvgIpc) is 2.02. The van der Waals surface area contributed by atoms with Gasteiger partial charge in [-0.2, -0.15) is 0 Å². The van der Waals surface area contributed by atoms with Gasteiger partial charge in [-0.05, 0) is 26.3 Å². The smallest absolute Gasteiger partial charge is 0.142 e. The molecular weight excluding hydrogens is 152 g/mol. The van der Waals surface area contributed by atoms with E-state index in [1.165, 1.54) is 11.6 Å². The second kappa shape index (κ2) is 8.21. The molecule has 0 aromatic carbocycles. The molecule has 0 N–H and O–H groups in total. The first-order valence-electron chi connectivity index (χ1n) is 4.08. The van der Waals surface area contributed by atoms with Crippen molar-refractivity contribution in [3.05, 3.63) is 23.8 Å². The minimum atomic E-state index is 0.523. The lowest BCUT2D eigenvalue weighted by atomic mass is 10.3. The molecule has 0 saturated heterocycles. The maximum absolute atomic E-state index is 9.83. The van der Waals surface area contributed by atoms with E-state index in [2.05, 4.69) is 19.9 Å². The Morgan fingerprint density at radius 2 is 2.17 bits per heavy atom. The van der Waals surface area contributed by atoms with E-state index in [-0.39, 0.29) is 0 Å². The van der Waals surface area contributed by atoms with Gasteiger partial charge >= 0.3 is 0 Å². The van der Waals surface area contributed by atoms with Crippen molar-refractivity contribution >= 4 is 6.29 Å². The van der Waals surface area contributed by atoms with Crippen LogP contribution in [0.15, 0.2) is 23.8 Å². The molecule has 0 amide bonds. The van der Waals surface area contributed by atoms with Crippen molar-refractivity contribution in [2.45, 2.75) is 20.3 Å². The van der Waals surface area contributed by atoms with Crippen LogP contribution in [0.2, 0.25) is 0 Å². The summed E-state index contributed by atoms with van der Waals surface area (Å²) >= 11 is 0. The molecule has 68 valence electrons. The maximum atomic E-state index is 9.83. The van der Waals surface area contributed by atoms with Crippen LogP contribution in [-0.2, 0) is 9.53 Å². The highest BCUT2D eigenvalue weighted by atomic mass is 16.5. The third kappa shape index (κ3) is 9.11. The van der Waals surface area contributed by atoms with E-state index in [0.717, 1.165) is 12.7 Å². The summed E-state index contributed by atoms with van der Waals surface area (Å²) in [4.78, 5) is 9.83. The molecule has 0 unspecified atom stereocenters. The molecule has 0 saturated carbocycles. The monoisotopic (exact) mass is 168 g/mol. The number of hydrogen-bond acceptors (Lipinski definition) is 2. The minimum Gasteiger partial charge on any atom is -0.377 e. The highest BCUT2D eigenvalue weighted by molar-refractivity contribution is 5.64. The van der Waals surface area contributed by atoms with Gasteiger partial charge in [-0.15, -0.1) is 0 Å². The van der Waals surface area contributed by atoms with Crippen LogP contribution >= 0.6 is 0 Å². The van der Waals surface area contributed by atoms with Gasteiger partial charge in [-0.25, -0.2) is 0 Å². The van der Waals surface area contributed by atoms with Gasteiger partial charge in [-0.3, -0.25) is 4.79 Å². The highest BCUT2D eigenvalue weighted by Gasteiger charge is 1.82. The Hall–Kier alpha value is -0.890. The van der Waals surface area contributed by atoms with Crippen LogP contribution in [0.25, 0.3) is 0 Å². The number of rotatable bonds is 6. The second-order valence-electron chi connectivity index (χ2n) is 2.71. The molecule has 0 atom stereocenters. The molecule has 0 rings (SSSR count). The number of carbonyl (C=O) groups is 1. The fourth-order valence-corrected chi connectivity index (χ4v) is 0.693. The number of ether oxygens (including phenoxy) is 1. The lowest BCUT2D eigenvalue weighted by Gasteiger charge is -1.96. The van der Waals surface area contributed by atoms with Gasteiger partial charge in [-0.1, -0.05) is 17.7 Å². The van der Waals surface area contributed by atoms with Crippen LogP contribution < -0.4 is 0 Å². The molecule has 0 heterocycles. The van der Waals surface area contributed by atoms with Crippen molar-refractivity contribution in [3.63, 3.8) is 0 Å². The SMILES string of the molecule is CC(C)=CCCOC/C=C/C=O. The summed E-state index contributed by atoms with van der Waals surface area (Å²) in [6.45, 7) is 5.36. The summed E-state index contributed by atoms with van der Waals surface area (Å²) in [5, 5.41) is 0. The van der Waals surface area contributed by atoms with E-state index in [9.17, 15) is 4.79 Å². The largest absolute Gasteiger partial charge is 0.377 e. The lowest BCUT2D eigenvalue weighted by Crippen LogP contribution is -1.92. The predicted octanol–water partition coefficient (Wildman–Crippen LogP) is 2.11. The first-order valence-corrected chi connectivity index (χ1v) is 4.08. The molecular formula is C10H16O2. The summed E-state index contributed by atoms with van der Waals surface area (Å²) in [7, 11) is 0. The van der Waals surface area contributed by atoms with Gasteiger partial charge < -0.3 is 4.74 Å². The lowest BCUT2D eigenvalue weighted by molar-refractivity contribution is -0.104. The summed E-state index contributed by atoms with van der Waals surface area (Å²) in [6.07, 6.45) is 6.97. The Morgan fingerprint density at radius 3 is 2.75 bits per heavy atom. The molecule has 0 aliphatic carbocycles. The van der Waals surface area contributed by atoms with Crippen LogP contribution in [-0.4, -0.2) is 19.5 Å². The van der Waals surface area contributed by atoms with E-state index in [1.807, 2.05) is 0 Å². The zero-order valence-electron chi connectivity index (χ0n) is 7.75. The van der Waals surface area contributed by atoms with Gasteiger partial charge in [0.1, 0.15) is 6.29 Å². The fourth-order valence-electron chi connectivity index (χ4n) is 0.693. The fraction of sp³-hybridized carbons (Fsp3) is 0.500. The van der Waals surface area contributed by atoms with Crippen LogP contribution in [0.1, 0.15) is 20.3 Å². The van der Waals surface area contributed by atoms with Crippen LogP contribution in [0.4, 0.5) is 0 Å². The first kappa shape index (κ1) is 11.1. The van der Waals surface area contributed by atoms with Crippen molar-refractivity contribution in [1.82, 2.24) is 0 Å². The molecule has 0 spiro atoms. The highest BCUT2D eigenvalue weighted by Crippen LogP contribution is 1.92. The molecule has 0 aromatic rings. The van der Waals surface area contributed by atoms with Gasteiger partial charge in [0.05, 0.1) is 13.2 Å². The Bertz CT molecular complexity index is 165. The number of aldehydes is 1. The summed E-state index contributed by atoms with van der Waals surface area (Å²) in [6, 6.07) is 0. The van der Waals surface area contributed by atoms with E-state index in [1.54, 1.807) is 6.08 Å². The van der Waals surface area contributed by atoms with Crippen molar-refractivity contribution < 1.29 is 9.53 Å². The van der Waals surface area contributed by atoms with Crippen molar-refractivity contribution in [1.29, 1.82) is 0 Å². The molecule has 0 aliphatic heterocycles. The number of allylic oxidation sites excluding steroid dienone is 2. The molecule has 2 heteroatoms. The summed E-state index contributed by atoms with van der Waals surface area (Å²) in [5.41, 5.74) is 1.31. The van der Waals surface area contributed by atoms with E-state index in [0.29, 0.717) is 13.2 Å². The van der Waals surface area contributed by atoms with E-state index < -0.39 is 0 Å². The molecule has 2 nitrogen and oxygen atoms in total. The zero-order valence-corrected chi connectivity index (χ0v) is 7.75. The van der Waals surface area contributed by atoms with Crippen molar-refractivity contribution in [2.24, 2.45) is 0 Å². The topological polar surface area (TPSA) is 26.3 Å². The Kier molecular flexibility index (Phi) is 7.60. The van der Waals surface area contributed by atoms with Crippen LogP contribution in [0, 0.1) is 0 Å². The average molecular weight is 168 g/mol. The molecule has 0 aliphatic rings. The second-order valence-corrected chi connectivity index (χ2v) is 2.71. The van der Waals surface area contributed by atoms with Crippen molar-refractivity contribution in [2.75, 3.05) is 13.2 Å². The van der Waals surface area contributed by atoms with Gasteiger partial charge in [0, 0.05) is 0 Å². The van der Waals surface area contributed by atoms with Gasteiger partial charge in [0.15, 0.2) is 0 Å². The number of hydrogen-bond donors (Lipinski definition) is 0. The predicted molar refractivity (Wildman–Crippen MR) is 50.1 cm³/mol. The standard InChI is InChI=1S/C10H16O2/c1-10(2)6-5-9-12-8-4-3-7-11/h3-4,6-7H,5,8-9H2,1-2H3/b4-3+. The summed E-state index contributed by atoms with van der Waals surface area (Å²) in [5.74, 6) is 0. The minimum absolute atomic E-state index is 0.523. The Morgan fingerprint density at radius 1 is 1.42 bits per heavy atom. The summed E-state index contributed by atoms with van der Waals surface area (Å²) < 4.78 is 5.20. The van der Waals surface area contributed by atoms with E-state index in [4.69, 9.17) is 4.74 Å². The van der Waals surface area contributed by atoms with Crippen LogP contribution in [0.3, 0.4) is 0 Å². The zero-order chi connectivity index (χ0) is 9.23. The molecule has 12 heavy (non-hydrogen) atoms. The Balaban J connectivity index is 3.16. The third-order valence-corrected chi connectivity index (χ3v) is 1.24. The van der Waals surface area contributed by atoms with Crippen LogP contribution in [0.5, 0.6) is 0 Å². The van der Waals surface area contributed by atoms with E-state index >= 15 is 0 Å². The number of carbonyl (C=O) groups excluding carboxylic acids is 1. The Labute approximate surface area is 73.9 Å². The van der Waals surface area contributed by atoms with Gasteiger partial charge in [0.2, 0.25) is 0 Å². The molecule has 0 fully saturated rings. The third-order valence-electron chi connectivity index (χ3n) is 1.24. The molecule has 0 bridgehead atoms. The van der Waals surface area contributed by atoms with Gasteiger partial charge in [0.25, 0.3) is 0 Å². The molecule has 0 aromatic heterocycles.